The van der Waals surface area contributed by atoms with Gasteiger partial charge in [-0.1, -0.05) is 37.6 Å². The Labute approximate surface area is 263 Å². The first-order chi connectivity index (χ1) is 20.4. The van der Waals surface area contributed by atoms with Crippen molar-refractivity contribution in [2.45, 2.75) is 52.2 Å². The second kappa shape index (κ2) is 13.7. The molecule has 1 aliphatic rings. The summed E-state index contributed by atoms with van der Waals surface area (Å²) in [7, 11) is 0. The summed E-state index contributed by atoms with van der Waals surface area (Å²) in [5.41, 5.74) is 2.08. The number of ether oxygens (including phenoxy) is 3. The van der Waals surface area contributed by atoms with Crippen molar-refractivity contribution in [1.29, 1.82) is 5.26 Å². The molecule has 9 nitrogen and oxygen atoms in total. The van der Waals surface area contributed by atoms with E-state index in [0.29, 0.717) is 60.1 Å². The number of rotatable bonds is 9. The lowest BCUT2D eigenvalue weighted by Crippen LogP contribution is -2.50. The number of anilines is 1. The molecule has 0 atom stereocenters. The largest absolute Gasteiger partial charge is 0.489 e. The monoisotopic (exact) mass is 625 g/mol. The summed E-state index contributed by atoms with van der Waals surface area (Å²) in [6.07, 6.45) is 1.42. The van der Waals surface area contributed by atoms with Gasteiger partial charge in [-0.05, 0) is 62.2 Å². The van der Waals surface area contributed by atoms with Crippen molar-refractivity contribution < 1.29 is 19.0 Å². The molecule has 4 rings (SSSR count). The van der Waals surface area contributed by atoms with Gasteiger partial charge in [0.2, 0.25) is 5.95 Å². The molecular formula is C32H37Cl2N5O4. The minimum Gasteiger partial charge on any atom is -0.489 e. The number of benzene rings is 2. The maximum Gasteiger partial charge on any atom is 0.410 e. The summed E-state index contributed by atoms with van der Waals surface area (Å²) in [6.45, 7) is 12.6. The maximum absolute atomic E-state index is 12.4. The Kier molecular flexibility index (Phi) is 10.3. The van der Waals surface area contributed by atoms with E-state index < -0.39 is 11.0 Å². The number of hydrogen-bond acceptors (Lipinski definition) is 8. The fourth-order valence-corrected chi connectivity index (χ4v) is 5.00. The molecule has 2 aromatic carbocycles. The number of carbonyl (C=O) groups excluding carboxylic acids is 1. The van der Waals surface area contributed by atoms with Crippen molar-refractivity contribution in [2.75, 3.05) is 43.6 Å². The Morgan fingerprint density at radius 1 is 1.00 bits per heavy atom. The van der Waals surface area contributed by atoms with Crippen LogP contribution >= 0.6 is 23.2 Å². The zero-order valence-electron chi connectivity index (χ0n) is 25.2. The SMILES string of the molecule is CC(C)(C)OC(=O)N1CCN(c2nccc(COc3ccc(C(C)(C)c4cc(Cl)c(OCCCl)c(C#N)c4)cc3)n2)CC1. The lowest BCUT2D eigenvalue weighted by atomic mass is 9.77. The molecule has 1 aromatic heterocycles. The van der Waals surface area contributed by atoms with Gasteiger partial charge in [0, 0.05) is 37.8 Å². The third-order valence-electron chi connectivity index (χ3n) is 7.09. The van der Waals surface area contributed by atoms with Gasteiger partial charge >= 0.3 is 6.09 Å². The third kappa shape index (κ3) is 8.21. The first-order valence-electron chi connectivity index (χ1n) is 14.1. The van der Waals surface area contributed by atoms with E-state index >= 15 is 0 Å². The van der Waals surface area contributed by atoms with Crippen LogP contribution in [0.4, 0.5) is 10.7 Å². The third-order valence-corrected chi connectivity index (χ3v) is 7.52. The van der Waals surface area contributed by atoms with Gasteiger partial charge < -0.3 is 24.0 Å². The van der Waals surface area contributed by atoms with Crippen molar-refractivity contribution in [3.63, 3.8) is 0 Å². The van der Waals surface area contributed by atoms with Crippen LogP contribution in [0.15, 0.2) is 48.7 Å². The van der Waals surface area contributed by atoms with E-state index in [1.165, 1.54) is 0 Å². The van der Waals surface area contributed by atoms with Gasteiger partial charge in [0.15, 0.2) is 5.75 Å². The van der Waals surface area contributed by atoms with Gasteiger partial charge in [0.25, 0.3) is 0 Å². The highest BCUT2D eigenvalue weighted by Gasteiger charge is 2.28. The molecule has 0 aliphatic carbocycles. The Hall–Kier alpha value is -3.74. The van der Waals surface area contributed by atoms with Gasteiger partial charge in [-0.2, -0.15) is 5.26 Å². The number of hydrogen-bond donors (Lipinski definition) is 0. The smallest absolute Gasteiger partial charge is 0.410 e. The minimum absolute atomic E-state index is 0.267. The topological polar surface area (TPSA) is 101 Å². The zero-order valence-corrected chi connectivity index (χ0v) is 26.7. The molecule has 228 valence electrons. The van der Waals surface area contributed by atoms with Crippen LogP contribution in [0.1, 0.15) is 57.0 Å². The van der Waals surface area contributed by atoms with Crippen molar-refractivity contribution in [3.05, 3.63) is 76.1 Å². The van der Waals surface area contributed by atoms with Crippen LogP contribution in [0.2, 0.25) is 5.02 Å². The summed E-state index contributed by atoms with van der Waals surface area (Å²) in [5, 5.41) is 10.1. The fraction of sp³-hybridized carbons (Fsp3) is 0.438. The predicted molar refractivity (Wildman–Crippen MR) is 167 cm³/mol. The lowest BCUT2D eigenvalue weighted by Gasteiger charge is -2.35. The quantitative estimate of drug-likeness (QED) is 0.246. The molecule has 1 aliphatic heterocycles. The second-order valence-electron chi connectivity index (χ2n) is 11.7. The van der Waals surface area contributed by atoms with Gasteiger partial charge in [-0.15, -0.1) is 11.6 Å². The molecule has 0 unspecified atom stereocenters. The van der Waals surface area contributed by atoms with E-state index in [2.05, 4.69) is 34.8 Å². The summed E-state index contributed by atoms with van der Waals surface area (Å²) in [4.78, 5) is 25.3. The van der Waals surface area contributed by atoms with Crippen molar-refractivity contribution >= 4 is 35.2 Å². The first kappa shape index (κ1) is 32.2. The Morgan fingerprint density at radius 2 is 1.70 bits per heavy atom. The van der Waals surface area contributed by atoms with E-state index in [1.807, 2.05) is 63.2 Å². The Balaban J connectivity index is 1.37. The molecule has 1 saturated heterocycles. The molecular weight excluding hydrogens is 589 g/mol. The van der Waals surface area contributed by atoms with Crippen molar-refractivity contribution in [2.24, 2.45) is 0 Å². The normalized spacial score (nSPS) is 13.8. The number of piperazine rings is 1. The Bertz CT molecular complexity index is 1460. The molecule has 2 heterocycles. The maximum atomic E-state index is 12.4. The van der Waals surface area contributed by atoms with Crippen molar-refractivity contribution in [3.8, 4) is 17.6 Å². The number of nitrogens with zero attached hydrogens (tertiary/aromatic N) is 5. The van der Waals surface area contributed by atoms with Crippen LogP contribution in [0, 0.1) is 11.3 Å². The van der Waals surface area contributed by atoms with Gasteiger partial charge in [-0.3, -0.25) is 0 Å². The average molecular weight is 627 g/mol. The van der Waals surface area contributed by atoms with Crippen molar-refractivity contribution in [1.82, 2.24) is 14.9 Å². The highest BCUT2D eigenvalue weighted by atomic mass is 35.5. The van der Waals surface area contributed by atoms with Gasteiger partial charge in [0.1, 0.15) is 30.6 Å². The molecule has 1 amide bonds. The number of aromatic nitrogens is 2. The highest BCUT2D eigenvalue weighted by molar-refractivity contribution is 6.32. The molecule has 0 saturated carbocycles. The summed E-state index contributed by atoms with van der Waals surface area (Å²) in [6, 6.07) is 15.5. The molecule has 43 heavy (non-hydrogen) atoms. The molecule has 11 heteroatoms. The first-order valence-corrected chi connectivity index (χ1v) is 15.0. The lowest BCUT2D eigenvalue weighted by molar-refractivity contribution is 0.0240. The van der Waals surface area contributed by atoms with Crippen LogP contribution in [-0.2, 0) is 16.8 Å². The highest BCUT2D eigenvalue weighted by Crippen LogP contribution is 2.38. The summed E-state index contributed by atoms with van der Waals surface area (Å²) < 4.78 is 17.1. The molecule has 3 aromatic rings. The molecule has 0 radical (unpaired) electrons. The predicted octanol–water partition coefficient (Wildman–Crippen LogP) is 6.58. The van der Waals surface area contributed by atoms with Gasteiger partial charge in [0.05, 0.1) is 22.2 Å². The van der Waals surface area contributed by atoms with E-state index in [1.54, 1.807) is 11.1 Å². The van der Waals surface area contributed by atoms with E-state index in [-0.39, 0.29) is 19.3 Å². The number of carbonyl (C=O) groups is 1. The Morgan fingerprint density at radius 3 is 2.33 bits per heavy atom. The van der Waals surface area contributed by atoms with Crippen LogP contribution in [0.5, 0.6) is 11.5 Å². The zero-order chi connectivity index (χ0) is 31.2. The van der Waals surface area contributed by atoms with Gasteiger partial charge in [-0.25, -0.2) is 14.8 Å². The molecule has 1 fully saturated rings. The molecule has 0 spiro atoms. The van der Waals surface area contributed by atoms with Crippen LogP contribution in [-0.4, -0.2) is 65.2 Å². The van der Waals surface area contributed by atoms with Crippen LogP contribution < -0.4 is 14.4 Å². The standard InChI is InChI=1S/C32H37Cl2N5O4/c1-31(2,3)43-30(40)39-15-13-38(14-16-39)29-36-12-10-25(37-29)21-42-26-8-6-23(7-9-26)32(4,5)24-18-22(20-35)28(27(34)19-24)41-17-11-33/h6-10,12,18-19H,11,13-17,21H2,1-5H3. The minimum atomic E-state index is -0.523. The molecule has 0 bridgehead atoms. The fourth-order valence-electron chi connectivity index (χ4n) is 4.65. The van der Waals surface area contributed by atoms with Crippen LogP contribution in [0.3, 0.4) is 0 Å². The van der Waals surface area contributed by atoms with E-state index in [0.717, 1.165) is 16.8 Å². The number of nitriles is 1. The molecule has 0 N–H and O–H groups in total. The summed E-state index contributed by atoms with van der Waals surface area (Å²) in [5.74, 6) is 1.96. The number of alkyl halides is 1. The average Bonchev–Trinajstić information content (AvgIpc) is 2.98. The van der Waals surface area contributed by atoms with E-state index in [9.17, 15) is 10.1 Å². The number of amides is 1. The van der Waals surface area contributed by atoms with Crippen LogP contribution in [0.25, 0.3) is 0 Å². The van der Waals surface area contributed by atoms with E-state index in [4.69, 9.17) is 37.4 Å². The number of halogens is 2. The second-order valence-corrected chi connectivity index (χ2v) is 12.5. The summed E-state index contributed by atoms with van der Waals surface area (Å²) >= 11 is 12.2.